The molecule has 0 atom stereocenters. The van der Waals surface area contributed by atoms with Gasteiger partial charge in [-0.25, -0.2) is 8.78 Å². The van der Waals surface area contributed by atoms with Crippen LogP contribution in [0.4, 0.5) is 8.78 Å². The predicted octanol–water partition coefficient (Wildman–Crippen LogP) is 3.09. The Morgan fingerprint density at radius 1 is 1.29 bits per heavy atom. The number of nitrogens with two attached hydrogens (primary N) is 1. The molecule has 0 spiro atoms. The van der Waals surface area contributed by atoms with Crippen LogP contribution in [0.1, 0.15) is 49.4 Å². The summed E-state index contributed by atoms with van der Waals surface area (Å²) < 4.78 is 27.2. The molecule has 5 heteroatoms. The molecule has 0 saturated heterocycles. The van der Waals surface area contributed by atoms with E-state index in [-0.39, 0.29) is 17.6 Å². The second-order valence-corrected chi connectivity index (χ2v) is 5.67. The molecule has 1 saturated carbocycles. The summed E-state index contributed by atoms with van der Waals surface area (Å²) in [4.78, 5) is 14.3. The molecule has 3 nitrogen and oxygen atoms in total. The van der Waals surface area contributed by atoms with Crippen LogP contribution in [0.3, 0.4) is 0 Å². The quantitative estimate of drug-likeness (QED) is 0.928. The second kappa shape index (κ2) is 6.98. The molecule has 0 unspecified atom stereocenters. The first-order chi connectivity index (χ1) is 10.0. The largest absolute Gasteiger partial charge is 0.336 e. The van der Waals surface area contributed by atoms with Crippen molar-refractivity contribution in [3.8, 4) is 0 Å². The zero-order valence-electron chi connectivity index (χ0n) is 12.3. The van der Waals surface area contributed by atoms with Crippen molar-refractivity contribution in [3.63, 3.8) is 0 Å². The fourth-order valence-electron chi connectivity index (χ4n) is 2.93. The lowest BCUT2D eigenvalue weighted by atomic mass is 9.90. The van der Waals surface area contributed by atoms with Gasteiger partial charge in [0.05, 0.1) is 5.56 Å². The fourth-order valence-corrected chi connectivity index (χ4v) is 2.93. The molecule has 1 aromatic rings. The van der Waals surface area contributed by atoms with Gasteiger partial charge >= 0.3 is 0 Å². The summed E-state index contributed by atoms with van der Waals surface area (Å²) in [5, 5.41) is 0. The van der Waals surface area contributed by atoms with Gasteiger partial charge in [0, 0.05) is 18.6 Å². The molecule has 1 aromatic carbocycles. The van der Waals surface area contributed by atoms with Crippen molar-refractivity contribution in [2.24, 2.45) is 5.73 Å². The predicted molar refractivity (Wildman–Crippen MR) is 77.9 cm³/mol. The zero-order chi connectivity index (χ0) is 15.4. The Balaban J connectivity index is 2.21. The minimum Gasteiger partial charge on any atom is -0.336 e. The van der Waals surface area contributed by atoms with Gasteiger partial charge in [0.25, 0.3) is 5.91 Å². The average molecular weight is 296 g/mol. The van der Waals surface area contributed by atoms with Crippen LogP contribution in [0.25, 0.3) is 0 Å². The van der Waals surface area contributed by atoms with Crippen LogP contribution < -0.4 is 5.73 Å². The lowest BCUT2D eigenvalue weighted by Gasteiger charge is -2.36. The number of amides is 1. The fraction of sp³-hybridized carbons (Fsp3) is 0.562. The van der Waals surface area contributed by atoms with Crippen molar-refractivity contribution in [1.29, 1.82) is 0 Å². The van der Waals surface area contributed by atoms with E-state index in [2.05, 4.69) is 0 Å². The summed E-state index contributed by atoms with van der Waals surface area (Å²) in [6.07, 6.45) is 4.16. The molecule has 1 aliphatic rings. The van der Waals surface area contributed by atoms with Gasteiger partial charge in [-0.1, -0.05) is 13.0 Å². The summed E-state index contributed by atoms with van der Waals surface area (Å²) >= 11 is 0. The number of carbonyl (C=O) groups is 1. The smallest absolute Gasteiger partial charge is 0.257 e. The van der Waals surface area contributed by atoms with Crippen LogP contribution >= 0.6 is 0 Å². The van der Waals surface area contributed by atoms with Crippen molar-refractivity contribution in [2.45, 2.75) is 51.1 Å². The molecule has 1 aliphatic carbocycles. The Labute approximate surface area is 124 Å². The molecule has 21 heavy (non-hydrogen) atoms. The summed E-state index contributed by atoms with van der Waals surface area (Å²) in [6, 6.07) is 3.99. The van der Waals surface area contributed by atoms with E-state index in [0.717, 1.165) is 38.2 Å². The maximum atomic E-state index is 13.8. The molecule has 0 bridgehead atoms. The number of hydrogen-bond acceptors (Lipinski definition) is 2. The Hall–Kier alpha value is -1.49. The third kappa shape index (κ3) is 3.59. The van der Waals surface area contributed by atoms with E-state index in [1.807, 2.05) is 6.92 Å². The highest BCUT2D eigenvalue weighted by molar-refractivity contribution is 5.94. The van der Waals surface area contributed by atoms with Gasteiger partial charge in [-0.3, -0.25) is 4.79 Å². The number of benzene rings is 1. The third-order valence-electron chi connectivity index (χ3n) is 4.09. The molecule has 2 rings (SSSR count). The average Bonchev–Trinajstić information content (AvgIpc) is 2.48. The van der Waals surface area contributed by atoms with Gasteiger partial charge in [0.1, 0.15) is 0 Å². The summed E-state index contributed by atoms with van der Waals surface area (Å²) in [5.41, 5.74) is 5.71. The van der Waals surface area contributed by atoms with Gasteiger partial charge < -0.3 is 10.6 Å². The topological polar surface area (TPSA) is 46.3 Å². The normalized spacial score (nSPS) is 22.1. The van der Waals surface area contributed by atoms with Crippen LogP contribution in [0, 0.1) is 11.6 Å². The summed E-state index contributed by atoms with van der Waals surface area (Å²) in [6.45, 7) is 2.52. The minimum atomic E-state index is -1.06. The van der Waals surface area contributed by atoms with Crippen LogP contribution in [0.5, 0.6) is 0 Å². The number of carbonyl (C=O) groups excluding carboxylic acids is 1. The van der Waals surface area contributed by atoms with E-state index in [1.54, 1.807) is 4.90 Å². The van der Waals surface area contributed by atoms with Crippen LogP contribution in [-0.2, 0) is 0 Å². The van der Waals surface area contributed by atoms with Crippen molar-refractivity contribution in [3.05, 3.63) is 35.4 Å². The van der Waals surface area contributed by atoms with E-state index in [0.29, 0.717) is 6.54 Å². The SMILES string of the molecule is CCCN(C(=O)c1cccc(F)c1F)C1CCC(N)CC1. The molecule has 0 radical (unpaired) electrons. The number of hydrogen-bond donors (Lipinski definition) is 1. The van der Waals surface area contributed by atoms with E-state index >= 15 is 0 Å². The first-order valence-corrected chi connectivity index (χ1v) is 7.55. The van der Waals surface area contributed by atoms with Gasteiger partial charge in [-0.05, 0) is 44.2 Å². The Morgan fingerprint density at radius 2 is 1.95 bits per heavy atom. The second-order valence-electron chi connectivity index (χ2n) is 5.67. The van der Waals surface area contributed by atoms with Crippen molar-refractivity contribution in [2.75, 3.05) is 6.54 Å². The summed E-state index contributed by atoms with van der Waals surface area (Å²) in [7, 11) is 0. The Kier molecular flexibility index (Phi) is 5.28. The van der Waals surface area contributed by atoms with Crippen LogP contribution in [0.2, 0.25) is 0 Å². The van der Waals surface area contributed by atoms with E-state index < -0.39 is 17.5 Å². The van der Waals surface area contributed by atoms with Gasteiger partial charge in [0.2, 0.25) is 0 Å². The van der Waals surface area contributed by atoms with Gasteiger partial charge in [-0.15, -0.1) is 0 Å². The number of halogens is 2. The third-order valence-corrected chi connectivity index (χ3v) is 4.09. The molecule has 1 fully saturated rings. The standard InChI is InChI=1S/C16H22F2N2O/c1-2-10-20(12-8-6-11(19)7-9-12)16(21)13-4-3-5-14(17)15(13)18/h3-5,11-12H,2,6-10,19H2,1H3. The van der Waals surface area contributed by atoms with Crippen molar-refractivity contribution >= 4 is 5.91 Å². The molecule has 0 aliphatic heterocycles. The Bertz CT molecular complexity index is 499. The van der Waals surface area contributed by atoms with Crippen LogP contribution in [-0.4, -0.2) is 29.4 Å². The van der Waals surface area contributed by atoms with E-state index in [4.69, 9.17) is 5.73 Å². The maximum Gasteiger partial charge on any atom is 0.257 e. The first kappa shape index (κ1) is 15.9. The number of nitrogens with zero attached hydrogens (tertiary/aromatic N) is 1. The minimum absolute atomic E-state index is 0.0694. The Morgan fingerprint density at radius 3 is 2.57 bits per heavy atom. The molecular weight excluding hydrogens is 274 g/mol. The molecule has 0 heterocycles. The first-order valence-electron chi connectivity index (χ1n) is 7.55. The van der Waals surface area contributed by atoms with Gasteiger partial charge in [0.15, 0.2) is 11.6 Å². The van der Waals surface area contributed by atoms with Crippen LogP contribution in [0.15, 0.2) is 18.2 Å². The summed E-state index contributed by atoms with van der Waals surface area (Å²) in [5.74, 6) is -2.46. The highest BCUT2D eigenvalue weighted by atomic mass is 19.2. The molecule has 1 amide bonds. The lowest BCUT2D eigenvalue weighted by molar-refractivity contribution is 0.0621. The van der Waals surface area contributed by atoms with E-state index in [1.165, 1.54) is 12.1 Å². The maximum absolute atomic E-state index is 13.8. The zero-order valence-corrected chi connectivity index (χ0v) is 12.3. The van der Waals surface area contributed by atoms with Crippen molar-refractivity contribution < 1.29 is 13.6 Å². The number of rotatable bonds is 4. The van der Waals surface area contributed by atoms with Gasteiger partial charge in [-0.2, -0.15) is 0 Å². The molecule has 2 N–H and O–H groups in total. The molecule has 0 aromatic heterocycles. The lowest BCUT2D eigenvalue weighted by Crippen LogP contribution is -2.45. The molecule has 116 valence electrons. The molecular formula is C16H22F2N2O. The highest BCUT2D eigenvalue weighted by Crippen LogP contribution is 2.25. The van der Waals surface area contributed by atoms with Crippen molar-refractivity contribution in [1.82, 2.24) is 4.90 Å². The van der Waals surface area contributed by atoms with E-state index in [9.17, 15) is 13.6 Å². The highest BCUT2D eigenvalue weighted by Gasteiger charge is 2.29. The monoisotopic (exact) mass is 296 g/mol.